The number of carbonyl (C=O) groups is 3. The second-order valence-electron chi connectivity index (χ2n) is 6.74. The van der Waals surface area contributed by atoms with Crippen molar-refractivity contribution in [2.24, 2.45) is 0 Å². The number of halogens is 3. The third-order valence-corrected chi connectivity index (χ3v) is 3.52. The number of rotatable bonds is 7. The fourth-order valence-corrected chi connectivity index (χ4v) is 2.27. The van der Waals surface area contributed by atoms with E-state index < -0.39 is 29.6 Å². The molecule has 0 fully saturated rings. The summed E-state index contributed by atoms with van der Waals surface area (Å²) in [6, 6.07) is 4.05. The molecular weight excluding hydrogens is 367 g/mol. The number of anilines is 1. The summed E-state index contributed by atoms with van der Waals surface area (Å²) in [4.78, 5) is 33.6. The summed E-state index contributed by atoms with van der Waals surface area (Å²) < 4.78 is 36.7. The summed E-state index contributed by atoms with van der Waals surface area (Å²) in [5.74, 6) is -3.02. The van der Waals surface area contributed by atoms with Gasteiger partial charge >= 0.3 is 24.1 Å². The third kappa shape index (κ3) is 8.43. The molecule has 0 bridgehead atoms. The first-order valence-electron chi connectivity index (χ1n) is 8.05. The molecule has 27 heavy (non-hydrogen) atoms. The molecule has 1 aromatic carbocycles. The molecule has 0 unspecified atom stereocenters. The zero-order valence-electron chi connectivity index (χ0n) is 15.2. The van der Waals surface area contributed by atoms with E-state index in [1.54, 1.807) is 38.2 Å². The van der Waals surface area contributed by atoms with Crippen molar-refractivity contribution in [3.63, 3.8) is 0 Å². The Bertz CT molecular complexity index is 718. The molecule has 150 valence electrons. The number of hydrogen-bond acceptors (Lipinski definition) is 3. The van der Waals surface area contributed by atoms with Crippen LogP contribution in [-0.2, 0) is 16.1 Å². The predicted octanol–water partition coefficient (Wildman–Crippen LogP) is 2.94. The standard InChI is InChI=1S/C17H22F3N3O4/c1-10-6-11(9-21-14(26)17(18,19)20)8-12(7-10)22-15(27)23-16(2,3)5-4-13(24)25/h6-8H,4-5,9H2,1-3H3,(H,21,26)(H,24,25)(H2,22,23,27). The maximum absolute atomic E-state index is 12.2. The number of carbonyl (C=O) groups excluding carboxylic acids is 2. The molecular formula is C17H22F3N3O4. The Balaban J connectivity index is 2.72. The SMILES string of the molecule is Cc1cc(CNC(=O)C(F)(F)F)cc(NC(=O)NC(C)(C)CCC(=O)O)c1. The Kier molecular flexibility index (Phi) is 7.21. The smallest absolute Gasteiger partial charge is 0.471 e. The van der Waals surface area contributed by atoms with Crippen LogP contribution in [-0.4, -0.2) is 34.7 Å². The van der Waals surface area contributed by atoms with Gasteiger partial charge in [0, 0.05) is 24.2 Å². The Morgan fingerprint density at radius 3 is 2.30 bits per heavy atom. The minimum Gasteiger partial charge on any atom is -0.481 e. The molecule has 10 heteroatoms. The maximum Gasteiger partial charge on any atom is 0.471 e. The lowest BCUT2D eigenvalue weighted by atomic mass is 9.99. The van der Waals surface area contributed by atoms with Crippen LogP contribution < -0.4 is 16.0 Å². The monoisotopic (exact) mass is 389 g/mol. The van der Waals surface area contributed by atoms with E-state index in [-0.39, 0.29) is 19.4 Å². The molecule has 0 aliphatic rings. The Morgan fingerprint density at radius 2 is 1.74 bits per heavy atom. The fourth-order valence-electron chi connectivity index (χ4n) is 2.27. The fraction of sp³-hybridized carbons (Fsp3) is 0.471. The molecule has 1 rings (SSSR count). The van der Waals surface area contributed by atoms with Gasteiger partial charge in [0.25, 0.3) is 0 Å². The maximum atomic E-state index is 12.2. The van der Waals surface area contributed by atoms with E-state index in [2.05, 4.69) is 10.6 Å². The van der Waals surface area contributed by atoms with Crippen molar-refractivity contribution in [1.82, 2.24) is 10.6 Å². The topological polar surface area (TPSA) is 108 Å². The van der Waals surface area contributed by atoms with Gasteiger partial charge in [-0.2, -0.15) is 13.2 Å². The molecule has 0 heterocycles. The third-order valence-electron chi connectivity index (χ3n) is 3.52. The number of urea groups is 1. The quantitative estimate of drug-likeness (QED) is 0.575. The number of aryl methyl sites for hydroxylation is 1. The summed E-state index contributed by atoms with van der Waals surface area (Å²) in [7, 11) is 0. The largest absolute Gasteiger partial charge is 0.481 e. The summed E-state index contributed by atoms with van der Waals surface area (Å²) >= 11 is 0. The van der Waals surface area contributed by atoms with Gasteiger partial charge in [0.05, 0.1) is 0 Å². The van der Waals surface area contributed by atoms with Gasteiger partial charge in [-0.1, -0.05) is 6.07 Å². The van der Waals surface area contributed by atoms with Gasteiger partial charge in [-0.15, -0.1) is 0 Å². The summed E-state index contributed by atoms with van der Waals surface area (Å²) in [6.45, 7) is 4.68. The second-order valence-corrected chi connectivity index (χ2v) is 6.74. The van der Waals surface area contributed by atoms with E-state index in [1.807, 2.05) is 0 Å². The zero-order valence-corrected chi connectivity index (χ0v) is 15.2. The molecule has 1 aromatic rings. The summed E-state index contributed by atoms with van der Waals surface area (Å²) in [6.07, 6.45) is -4.86. The molecule has 4 N–H and O–H groups in total. The van der Waals surface area contributed by atoms with Crippen molar-refractivity contribution < 1.29 is 32.7 Å². The first-order valence-corrected chi connectivity index (χ1v) is 8.05. The lowest BCUT2D eigenvalue weighted by Gasteiger charge is -2.25. The number of carboxylic acids is 1. The van der Waals surface area contributed by atoms with E-state index >= 15 is 0 Å². The van der Waals surface area contributed by atoms with Crippen molar-refractivity contribution in [2.45, 2.75) is 51.9 Å². The Morgan fingerprint density at radius 1 is 1.11 bits per heavy atom. The van der Waals surface area contributed by atoms with Gasteiger partial charge < -0.3 is 21.1 Å². The number of hydrogen-bond donors (Lipinski definition) is 4. The van der Waals surface area contributed by atoms with Crippen molar-refractivity contribution in [3.8, 4) is 0 Å². The Hall–Kier alpha value is -2.78. The molecule has 0 aromatic heterocycles. The second kappa shape index (κ2) is 8.74. The lowest BCUT2D eigenvalue weighted by molar-refractivity contribution is -0.173. The van der Waals surface area contributed by atoms with Gasteiger partial charge in [0.2, 0.25) is 0 Å². The molecule has 0 saturated heterocycles. The zero-order chi connectivity index (χ0) is 20.8. The van der Waals surface area contributed by atoms with Crippen LogP contribution in [0.2, 0.25) is 0 Å². The van der Waals surface area contributed by atoms with E-state index in [9.17, 15) is 27.6 Å². The average Bonchev–Trinajstić information content (AvgIpc) is 2.48. The molecule has 0 radical (unpaired) electrons. The van der Waals surface area contributed by atoms with Crippen molar-refractivity contribution in [2.75, 3.05) is 5.32 Å². The van der Waals surface area contributed by atoms with Gasteiger partial charge in [-0.3, -0.25) is 9.59 Å². The van der Waals surface area contributed by atoms with Crippen LogP contribution >= 0.6 is 0 Å². The highest BCUT2D eigenvalue weighted by molar-refractivity contribution is 5.90. The summed E-state index contributed by atoms with van der Waals surface area (Å²) in [5.41, 5.74) is 0.621. The average molecular weight is 389 g/mol. The van der Waals surface area contributed by atoms with Crippen molar-refractivity contribution >= 4 is 23.6 Å². The highest BCUT2D eigenvalue weighted by Gasteiger charge is 2.38. The highest BCUT2D eigenvalue weighted by atomic mass is 19.4. The molecule has 7 nitrogen and oxygen atoms in total. The van der Waals surface area contributed by atoms with Crippen LogP contribution in [0.15, 0.2) is 18.2 Å². The molecule has 3 amide bonds. The number of nitrogens with one attached hydrogen (secondary N) is 3. The van der Waals surface area contributed by atoms with Crippen LogP contribution in [0.1, 0.15) is 37.8 Å². The first-order chi connectivity index (χ1) is 12.3. The van der Waals surface area contributed by atoms with Gasteiger partial charge in [0.15, 0.2) is 0 Å². The van der Waals surface area contributed by atoms with Gasteiger partial charge in [0.1, 0.15) is 0 Å². The number of benzene rings is 1. The molecule has 0 saturated carbocycles. The number of carboxylic acid groups (broad SMARTS) is 1. The normalized spacial score (nSPS) is 11.6. The van der Waals surface area contributed by atoms with E-state index in [1.165, 1.54) is 6.07 Å². The van der Waals surface area contributed by atoms with Crippen molar-refractivity contribution in [3.05, 3.63) is 29.3 Å². The number of aliphatic carboxylic acids is 1. The Labute approximate surface area is 154 Å². The van der Waals surface area contributed by atoms with Crippen LogP contribution in [0.3, 0.4) is 0 Å². The molecule has 0 aliphatic carbocycles. The van der Waals surface area contributed by atoms with Gasteiger partial charge in [-0.05, 0) is 50.5 Å². The highest BCUT2D eigenvalue weighted by Crippen LogP contribution is 2.18. The first kappa shape index (κ1) is 22.3. The molecule has 0 spiro atoms. The van der Waals surface area contributed by atoms with Gasteiger partial charge in [-0.25, -0.2) is 4.79 Å². The van der Waals surface area contributed by atoms with E-state index in [4.69, 9.17) is 5.11 Å². The molecule has 0 atom stereocenters. The van der Waals surface area contributed by atoms with Crippen LogP contribution in [0.5, 0.6) is 0 Å². The van der Waals surface area contributed by atoms with Crippen LogP contribution in [0, 0.1) is 6.92 Å². The van der Waals surface area contributed by atoms with Crippen LogP contribution in [0.4, 0.5) is 23.7 Å². The lowest BCUT2D eigenvalue weighted by Crippen LogP contribution is -2.45. The summed E-state index contributed by atoms with van der Waals surface area (Å²) in [5, 5.41) is 15.7. The van der Waals surface area contributed by atoms with E-state index in [0.29, 0.717) is 16.8 Å². The van der Waals surface area contributed by atoms with Crippen molar-refractivity contribution in [1.29, 1.82) is 0 Å². The minimum atomic E-state index is -4.97. The van der Waals surface area contributed by atoms with Crippen LogP contribution in [0.25, 0.3) is 0 Å². The number of alkyl halides is 3. The number of amides is 3. The predicted molar refractivity (Wildman–Crippen MR) is 92.2 cm³/mol. The van der Waals surface area contributed by atoms with E-state index in [0.717, 1.165) is 0 Å². The minimum absolute atomic E-state index is 0.110. The molecule has 0 aliphatic heterocycles.